The number of sulfonamides is 1. The van der Waals surface area contributed by atoms with E-state index in [9.17, 15) is 8.42 Å². The van der Waals surface area contributed by atoms with Crippen molar-refractivity contribution in [2.45, 2.75) is 25.0 Å². The highest BCUT2D eigenvalue weighted by Gasteiger charge is 2.36. The summed E-state index contributed by atoms with van der Waals surface area (Å²) in [6.07, 6.45) is 5.38. The minimum Gasteiger partial charge on any atom is -0.360 e. The quantitative estimate of drug-likeness (QED) is 0.538. The van der Waals surface area contributed by atoms with Crippen LogP contribution in [0.4, 0.5) is 5.69 Å². The molecule has 1 unspecified atom stereocenters. The van der Waals surface area contributed by atoms with Gasteiger partial charge in [0.1, 0.15) is 0 Å². The van der Waals surface area contributed by atoms with Crippen molar-refractivity contribution in [3.63, 3.8) is 0 Å². The third-order valence-electron chi connectivity index (χ3n) is 5.69. The van der Waals surface area contributed by atoms with Gasteiger partial charge in [-0.3, -0.25) is 0 Å². The predicted molar refractivity (Wildman–Crippen MR) is 126 cm³/mol. The van der Waals surface area contributed by atoms with E-state index in [1.54, 1.807) is 10.6 Å². The number of aromatic nitrogens is 2. The zero-order chi connectivity index (χ0) is 22.0. The van der Waals surface area contributed by atoms with Crippen molar-refractivity contribution in [3.8, 4) is 0 Å². The summed E-state index contributed by atoms with van der Waals surface area (Å²) in [5.74, 6) is 0. The number of nitrogens with two attached hydrogens (primary N) is 1. The van der Waals surface area contributed by atoms with Crippen LogP contribution in [0.5, 0.6) is 0 Å². The Hall–Kier alpha value is -2.20. The minimum atomic E-state index is -3.45. The number of aromatic amines is 1. The molecular weight excluding hydrogens is 478 g/mol. The van der Waals surface area contributed by atoms with Crippen LogP contribution in [0, 0.1) is 0 Å². The molecule has 1 aromatic heterocycles. The average molecular weight is 504 g/mol. The first-order valence-electron chi connectivity index (χ1n) is 10.1. The Balaban J connectivity index is 1.82. The standard InChI is InChI=1S/C22H26BrN5O2S/c1-31(29,30)28-13-17-10-18(23)7-8-21(17)27(22(11-24)20-12-25-15-26-20)14-19(28)9-16-5-3-2-4-6-16/h2-8,10,12,15,19,22H,9,11,13-14,24H2,1H3,(H,25,26)/t19-,22?/m1/s1. The van der Waals surface area contributed by atoms with Crippen LogP contribution in [-0.4, -0.2) is 48.1 Å². The number of benzene rings is 2. The smallest absolute Gasteiger partial charge is 0.211 e. The van der Waals surface area contributed by atoms with Gasteiger partial charge in [0.2, 0.25) is 10.0 Å². The lowest BCUT2D eigenvalue weighted by Crippen LogP contribution is -2.47. The predicted octanol–water partition coefficient (Wildman–Crippen LogP) is 3.07. The molecular formula is C22H26BrN5O2S. The molecule has 0 spiro atoms. The molecule has 9 heteroatoms. The average Bonchev–Trinajstić information content (AvgIpc) is 3.20. The van der Waals surface area contributed by atoms with E-state index in [2.05, 4.69) is 30.8 Å². The van der Waals surface area contributed by atoms with Crippen molar-refractivity contribution in [2.24, 2.45) is 5.73 Å². The Labute approximate surface area is 191 Å². The Bertz CT molecular complexity index is 1120. The molecule has 0 saturated heterocycles. The first-order valence-corrected chi connectivity index (χ1v) is 12.8. The van der Waals surface area contributed by atoms with Gasteiger partial charge < -0.3 is 15.6 Å². The van der Waals surface area contributed by atoms with E-state index >= 15 is 0 Å². The normalized spacial score (nSPS) is 18.4. The highest BCUT2D eigenvalue weighted by molar-refractivity contribution is 9.10. The van der Waals surface area contributed by atoms with Crippen LogP contribution in [0.3, 0.4) is 0 Å². The van der Waals surface area contributed by atoms with Crippen LogP contribution >= 0.6 is 15.9 Å². The first kappa shape index (κ1) is 22.0. The summed E-state index contributed by atoms with van der Waals surface area (Å²) in [6, 6.07) is 15.6. The van der Waals surface area contributed by atoms with Crippen molar-refractivity contribution >= 4 is 31.6 Å². The molecule has 3 aromatic rings. The maximum absolute atomic E-state index is 12.9. The maximum atomic E-state index is 12.9. The molecule has 7 nitrogen and oxygen atoms in total. The fourth-order valence-corrected chi connectivity index (χ4v) is 5.74. The molecule has 164 valence electrons. The van der Waals surface area contributed by atoms with Crippen LogP contribution in [-0.2, 0) is 23.0 Å². The number of nitrogens with zero attached hydrogens (tertiary/aromatic N) is 3. The summed E-state index contributed by atoms with van der Waals surface area (Å²) in [7, 11) is -3.45. The number of H-pyrrole nitrogens is 1. The lowest BCUT2D eigenvalue weighted by Gasteiger charge is -2.35. The number of hydrogen-bond acceptors (Lipinski definition) is 5. The summed E-state index contributed by atoms with van der Waals surface area (Å²) < 4.78 is 28.2. The maximum Gasteiger partial charge on any atom is 0.211 e. The van der Waals surface area contributed by atoms with Gasteiger partial charge in [-0.1, -0.05) is 46.3 Å². The molecule has 4 rings (SSSR count). The summed E-state index contributed by atoms with van der Waals surface area (Å²) in [5.41, 5.74) is 10.1. The molecule has 0 saturated carbocycles. The number of rotatable bonds is 6. The lowest BCUT2D eigenvalue weighted by molar-refractivity contribution is 0.316. The molecule has 1 aliphatic rings. The SMILES string of the molecule is CS(=O)(=O)N1Cc2cc(Br)ccc2N(C(CN)c2c[nH]cn2)C[C@H]1Cc1ccccc1. The zero-order valence-electron chi connectivity index (χ0n) is 17.3. The van der Waals surface area contributed by atoms with Crippen LogP contribution in [0.1, 0.15) is 22.9 Å². The third-order valence-corrected chi connectivity index (χ3v) is 7.46. The first-order chi connectivity index (χ1) is 14.9. The van der Waals surface area contributed by atoms with Gasteiger partial charge >= 0.3 is 0 Å². The van der Waals surface area contributed by atoms with E-state index in [-0.39, 0.29) is 12.1 Å². The lowest BCUT2D eigenvalue weighted by atomic mass is 10.0. The van der Waals surface area contributed by atoms with Gasteiger partial charge in [-0.25, -0.2) is 13.4 Å². The van der Waals surface area contributed by atoms with E-state index in [0.717, 1.165) is 27.0 Å². The topological polar surface area (TPSA) is 95.3 Å². The van der Waals surface area contributed by atoms with Crippen LogP contribution in [0.25, 0.3) is 0 Å². The second-order valence-corrected chi connectivity index (χ2v) is 10.7. The van der Waals surface area contributed by atoms with Gasteiger partial charge in [-0.2, -0.15) is 4.31 Å². The molecule has 2 heterocycles. The Morgan fingerprint density at radius 1 is 1.26 bits per heavy atom. The summed E-state index contributed by atoms with van der Waals surface area (Å²) in [6.45, 7) is 1.17. The zero-order valence-corrected chi connectivity index (χ0v) is 19.7. The monoisotopic (exact) mass is 503 g/mol. The fourth-order valence-electron chi connectivity index (χ4n) is 4.27. The number of halogens is 1. The number of fused-ring (bicyclic) bond motifs is 1. The van der Waals surface area contributed by atoms with Crippen molar-refractivity contribution < 1.29 is 8.42 Å². The van der Waals surface area contributed by atoms with E-state index in [0.29, 0.717) is 26.1 Å². The largest absolute Gasteiger partial charge is 0.360 e. The summed E-state index contributed by atoms with van der Waals surface area (Å²) in [5, 5.41) is 0. The number of imidazole rings is 1. The molecule has 2 atom stereocenters. The Kier molecular flexibility index (Phi) is 6.47. The highest BCUT2D eigenvalue weighted by Crippen LogP contribution is 2.36. The minimum absolute atomic E-state index is 0.177. The second-order valence-electron chi connectivity index (χ2n) is 7.82. The van der Waals surface area contributed by atoms with Crippen LogP contribution in [0.15, 0.2) is 65.5 Å². The molecule has 2 aromatic carbocycles. The second kappa shape index (κ2) is 9.12. The molecule has 0 fully saturated rings. The molecule has 0 aliphatic carbocycles. The van der Waals surface area contributed by atoms with E-state index in [4.69, 9.17) is 5.73 Å². The summed E-state index contributed by atoms with van der Waals surface area (Å²) >= 11 is 3.54. The van der Waals surface area contributed by atoms with Crippen molar-refractivity contribution in [1.82, 2.24) is 14.3 Å². The third kappa shape index (κ3) is 4.85. The van der Waals surface area contributed by atoms with Gasteiger partial charge in [0, 0.05) is 42.0 Å². The van der Waals surface area contributed by atoms with Crippen molar-refractivity contribution in [2.75, 3.05) is 24.2 Å². The van der Waals surface area contributed by atoms with E-state index < -0.39 is 10.0 Å². The number of hydrogen-bond donors (Lipinski definition) is 2. The molecule has 0 bridgehead atoms. The van der Waals surface area contributed by atoms with E-state index in [1.165, 1.54) is 6.26 Å². The highest BCUT2D eigenvalue weighted by atomic mass is 79.9. The van der Waals surface area contributed by atoms with Gasteiger partial charge in [0.05, 0.1) is 24.3 Å². The molecule has 1 aliphatic heterocycles. The molecule has 0 radical (unpaired) electrons. The van der Waals surface area contributed by atoms with Crippen molar-refractivity contribution in [3.05, 3.63) is 82.3 Å². The fraction of sp³-hybridized carbons (Fsp3) is 0.318. The molecule has 0 amide bonds. The Morgan fingerprint density at radius 3 is 2.68 bits per heavy atom. The van der Waals surface area contributed by atoms with Gasteiger partial charge in [0.15, 0.2) is 0 Å². The number of nitrogens with one attached hydrogen (secondary N) is 1. The molecule has 31 heavy (non-hydrogen) atoms. The van der Waals surface area contributed by atoms with Gasteiger partial charge in [-0.05, 0) is 35.7 Å². The number of anilines is 1. The molecule has 3 N–H and O–H groups in total. The van der Waals surface area contributed by atoms with Gasteiger partial charge in [0.25, 0.3) is 0 Å². The van der Waals surface area contributed by atoms with Gasteiger partial charge in [-0.15, -0.1) is 0 Å². The van der Waals surface area contributed by atoms with E-state index in [1.807, 2.05) is 54.7 Å². The van der Waals surface area contributed by atoms with Crippen LogP contribution in [0.2, 0.25) is 0 Å². The van der Waals surface area contributed by atoms with Crippen LogP contribution < -0.4 is 10.6 Å². The Morgan fingerprint density at radius 2 is 2.03 bits per heavy atom. The summed E-state index contributed by atoms with van der Waals surface area (Å²) in [4.78, 5) is 9.66. The van der Waals surface area contributed by atoms with Crippen molar-refractivity contribution in [1.29, 1.82) is 0 Å².